The Kier molecular flexibility index (Phi) is 5.22. The average molecular weight is 310 g/mol. The summed E-state index contributed by atoms with van der Waals surface area (Å²) >= 11 is 6.16. The van der Waals surface area contributed by atoms with E-state index < -0.39 is 6.10 Å². The third-order valence-electron chi connectivity index (χ3n) is 3.32. The number of aliphatic hydroxyl groups excluding tert-OH is 1. The van der Waals surface area contributed by atoms with Gasteiger partial charge in [-0.25, -0.2) is 0 Å². The number of methoxy groups -OCH3 is 1. The molecule has 1 atom stereocenters. The number of hydrogen-bond acceptors (Lipinski definition) is 4. The van der Waals surface area contributed by atoms with E-state index >= 15 is 0 Å². The predicted molar refractivity (Wildman–Crippen MR) is 83.9 cm³/mol. The van der Waals surface area contributed by atoms with E-state index in [-0.39, 0.29) is 0 Å². The van der Waals surface area contributed by atoms with E-state index in [0.717, 1.165) is 11.3 Å². The van der Waals surface area contributed by atoms with Gasteiger partial charge in [-0.1, -0.05) is 23.7 Å². The summed E-state index contributed by atoms with van der Waals surface area (Å²) in [5, 5.41) is 15.2. The first-order valence-corrected chi connectivity index (χ1v) is 7.08. The van der Waals surface area contributed by atoms with Crippen LogP contribution in [0.1, 0.15) is 17.4 Å². The Bertz CT molecular complexity index is 581. The third-order valence-corrected chi connectivity index (χ3v) is 3.62. The van der Waals surface area contributed by atoms with Crippen molar-refractivity contribution in [1.29, 1.82) is 0 Å². The largest absolute Gasteiger partial charge is 0.383 e. The number of anilines is 1. The Morgan fingerprint density at radius 2 is 2.00 bits per heavy atom. The molecule has 6 heteroatoms. The van der Waals surface area contributed by atoms with Gasteiger partial charge < -0.3 is 14.7 Å². The summed E-state index contributed by atoms with van der Waals surface area (Å²) in [6.45, 7) is 1.06. The predicted octanol–water partition coefficient (Wildman–Crippen LogP) is 2.33. The molecule has 5 nitrogen and oxygen atoms in total. The number of hydrogen-bond donors (Lipinski definition) is 1. The van der Waals surface area contributed by atoms with Crippen molar-refractivity contribution in [2.45, 2.75) is 12.6 Å². The number of benzene rings is 1. The smallest absolute Gasteiger partial charge is 0.122 e. The molecule has 2 rings (SSSR count). The van der Waals surface area contributed by atoms with E-state index in [4.69, 9.17) is 16.3 Å². The maximum Gasteiger partial charge on any atom is 0.122 e. The molecule has 0 radical (unpaired) electrons. The van der Waals surface area contributed by atoms with Crippen molar-refractivity contribution in [3.63, 3.8) is 0 Å². The molecule has 0 fully saturated rings. The molecule has 1 heterocycles. The van der Waals surface area contributed by atoms with Crippen LogP contribution in [0.25, 0.3) is 0 Å². The van der Waals surface area contributed by atoms with Crippen molar-refractivity contribution in [2.24, 2.45) is 0 Å². The van der Waals surface area contributed by atoms with Crippen molar-refractivity contribution in [3.05, 3.63) is 46.7 Å². The summed E-state index contributed by atoms with van der Waals surface area (Å²) in [7, 11) is 5.57. The fraction of sp³-hybridized carbons (Fsp3) is 0.400. The first-order chi connectivity index (χ1) is 10.0. The normalized spacial score (nSPS) is 12.4. The Labute approximate surface area is 129 Å². The highest BCUT2D eigenvalue weighted by molar-refractivity contribution is 6.31. The quantitative estimate of drug-likeness (QED) is 0.890. The SMILES string of the molecule is COCCn1ncc(Cl)c1C(O)c1ccc(N(C)C)cc1. The van der Waals surface area contributed by atoms with Gasteiger partial charge in [0.15, 0.2) is 0 Å². The van der Waals surface area contributed by atoms with Crippen molar-refractivity contribution >= 4 is 17.3 Å². The minimum Gasteiger partial charge on any atom is -0.383 e. The van der Waals surface area contributed by atoms with Gasteiger partial charge in [-0.3, -0.25) is 4.68 Å². The van der Waals surface area contributed by atoms with Crippen LogP contribution in [-0.4, -0.2) is 42.7 Å². The van der Waals surface area contributed by atoms with Gasteiger partial charge >= 0.3 is 0 Å². The number of aromatic nitrogens is 2. The van der Waals surface area contributed by atoms with Gasteiger partial charge in [-0.05, 0) is 17.7 Å². The van der Waals surface area contributed by atoms with Gasteiger partial charge in [0.05, 0.1) is 30.1 Å². The molecule has 1 aromatic carbocycles. The van der Waals surface area contributed by atoms with Gasteiger partial charge in [0.2, 0.25) is 0 Å². The van der Waals surface area contributed by atoms with Crippen molar-refractivity contribution in [3.8, 4) is 0 Å². The molecule has 0 saturated carbocycles. The van der Waals surface area contributed by atoms with Crippen LogP contribution in [0.2, 0.25) is 5.02 Å². The van der Waals surface area contributed by atoms with Crippen LogP contribution >= 0.6 is 11.6 Å². The van der Waals surface area contributed by atoms with E-state index in [1.165, 1.54) is 0 Å². The second kappa shape index (κ2) is 6.93. The lowest BCUT2D eigenvalue weighted by molar-refractivity contribution is 0.171. The highest BCUT2D eigenvalue weighted by atomic mass is 35.5. The second-order valence-electron chi connectivity index (χ2n) is 4.98. The second-order valence-corrected chi connectivity index (χ2v) is 5.39. The van der Waals surface area contributed by atoms with E-state index in [2.05, 4.69) is 5.10 Å². The Morgan fingerprint density at radius 1 is 1.33 bits per heavy atom. The van der Waals surface area contributed by atoms with Gasteiger partial charge in [0.1, 0.15) is 6.10 Å². The van der Waals surface area contributed by atoms with Crippen molar-refractivity contribution < 1.29 is 9.84 Å². The Hall–Kier alpha value is -1.56. The third kappa shape index (κ3) is 3.56. The summed E-state index contributed by atoms with van der Waals surface area (Å²) in [5.74, 6) is 0. The van der Waals surface area contributed by atoms with Crippen LogP contribution in [0.3, 0.4) is 0 Å². The highest BCUT2D eigenvalue weighted by Crippen LogP contribution is 2.29. The topological polar surface area (TPSA) is 50.5 Å². The standard InChI is InChI=1S/C15H20ClN3O2/c1-18(2)12-6-4-11(5-7-12)15(20)14-13(16)10-17-19(14)8-9-21-3/h4-7,10,15,20H,8-9H2,1-3H3. The molecule has 1 unspecified atom stereocenters. The molecule has 2 aromatic rings. The summed E-state index contributed by atoms with van der Waals surface area (Å²) < 4.78 is 6.72. The molecule has 114 valence electrons. The molecule has 1 N–H and O–H groups in total. The van der Waals surface area contributed by atoms with Crippen LogP contribution in [-0.2, 0) is 11.3 Å². The number of rotatable bonds is 6. The zero-order chi connectivity index (χ0) is 15.4. The van der Waals surface area contributed by atoms with Gasteiger partial charge in [0.25, 0.3) is 0 Å². The van der Waals surface area contributed by atoms with Crippen LogP contribution in [0.5, 0.6) is 0 Å². The maximum absolute atomic E-state index is 10.6. The maximum atomic E-state index is 10.6. The van der Waals surface area contributed by atoms with E-state index in [1.807, 2.05) is 43.3 Å². The molecule has 0 aliphatic heterocycles. The number of halogens is 1. The highest BCUT2D eigenvalue weighted by Gasteiger charge is 2.19. The summed E-state index contributed by atoms with van der Waals surface area (Å²) in [6, 6.07) is 7.71. The van der Waals surface area contributed by atoms with Crippen molar-refractivity contribution in [1.82, 2.24) is 9.78 Å². The van der Waals surface area contributed by atoms with Gasteiger partial charge in [-0.2, -0.15) is 5.10 Å². The molecular weight excluding hydrogens is 290 g/mol. The van der Waals surface area contributed by atoms with Crippen molar-refractivity contribution in [2.75, 3.05) is 32.7 Å². The molecule has 0 aliphatic rings. The lowest BCUT2D eigenvalue weighted by Gasteiger charge is -2.17. The molecule has 0 aliphatic carbocycles. The minimum absolute atomic E-state index is 0.454. The lowest BCUT2D eigenvalue weighted by atomic mass is 10.1. The molecule has 0 bridgehead atoms. The fourth-order valence-corrected chi connectivity index (χ4v) is 2.36. The van der Waals surface area contributed by atoms with E-state index in [0.29, 0.717) is 23.9 Å². The number of ether oxygens (including phenoxy) is 1. The molecule has 1 aromatic heterocycles. The summed E-state index contributed by atoms with van der Waals surface area (Å²) in [5.41, 5.74) is 2.44. The van der Waals surface area contributed by atoms with Crippen LogP contribution in [0.4, 0.5) is 5.69 Å². The lowest BCUT2D eigenvalue weighted by Crippen LogP contribution is -2.14. The Balaban J connectivity index is 2.26. The van der Waals surface area contributed by atoms with Crippen LogP contribution < -0.4 is 4.90 Å². The van der Waals surface area contributed by atoms with Gasteiger partial charge in [-0.15, -0.1) is 0 Å². The Morgan fingerprint density at radius 3 is 2.57 bits per heavy atom. The summed E-state index contributed by atoms with van der Waals surface area (Å²) in [4.78, 5) is 2.01. The van der Waals surface area contributed by atoms with Crippen LogP contribution in [0.15, 0.2) is 30.5 Å². The minimum atomic E-state index is -0.812. The molecule has 0 saturated heterocycles. The zero-order valence-corrected chi connectivity index (χ0v) is 13.2. The first-order valence-electron chi connectivity index (χ1n) is 6.70. The molecule has 21 heavy (non-hydrogen) atoms. The van der Waals surface area contributed by atoms with E-state index in [1.54, 1.807) is 18.0 Å². The zero-order valence-electron chi connectivity index (χ0n) is 12.5. The number of nitrogens with zero attached hydrogens (tertiary/aromatic N) is 3. The van der Waals surface area contributed by atoms with Gasteiger partial charge in [0, 0.05) is 26.9 Å². The average Bonchev–Trinajstić information content (AvgIpc) is 2.85. The molecule has 0 spiro atoms. The molecular formula is C15H20ClN3O2. The fourth-order valence-electron chi connectivity index (χ4n) is 2.11. The summed E-state index contributed by atoms with van der Waals surface area (Å²) in [6.07, 6.45) is 0.734. The van der Waals surface area contributed by atoms with Crippen LogP contribution in [0, 0.1) is 0 Å². The monoisotopic (exact) mass is 309 g/mol. The first kappa shape index (κ1) is 15.8. The molecule has 0 amide bonds. The van der Waals surface area contributed by atoms with E-state index in [9.17, 15) is 5.11 Å². The number of aliphatic hydroxyl groups is 1.